The number of rotatable bonds is 4. The van der Waals surface area contributed by atoms with E-state index in [1.54, 1.807) is 11.5 Å². The zero-order valence-electron chi connectivity index (χ0n) is 11.6. The lowest BCUT2D eigenvalue weighted by Crippen LogP contribution is -2.28. The minimum atomic E-state index is -0.248. The van der Waals surface area contributed by atoms with Crippen LogP contribution >= 0.6 is 0 Å². The average Bonchev–Trinajstić information content (AvgIpc) is 2.44. The van der Waals surface area contributed by atoms with Crippen LogP contribution in [0.1, 0.15) is 16.8 Å². The van der Waals surface area contributed by atoms with Gasteiger partial charge in [-0.2, -0.15) is 5.26 Å². The Kier molecular flexibility index (Phi) is 4.21. The number of hydrogen-bond acceptors (Lipinski definition) is 3. The third-order valence-electron chi connectivity index (χ3n) is 3.14. The normalized spacial score (nSPS) is 10.1. The Hall–Kier alpha value is -2.54. The molecular weight excluding hydrogens is 252 g/mol. The first-order valence-corrected chi connectivity index (χ1v) is 6.42. The SMILES string of the molecule is Cc1cc(C)n(CCOc2ccccc2)c(=O)c1C#N. The Morgan fingerprint density at radius 3 is 2.60 bits per heavy atom. The largest absolute Gasteiger partial charge is 0.492 e. The van der Waals surface area contributed by atoms with Crippen molar-refractivity contribution < 1.29 is 4.74 Å². The number of aromatic nitrogens is 1. The van der Waals surface area contributed by atoms with Gasteiger partial charge in [-0.1, -0.05) is 18.2 Å². The van der Waals surface area contributed by atoms with Gasteiger partial charge in [0.2, 0.25) is 0 Å². The summed E-state index contributed by atoms with van der Waals surface area (Å²) in [5.74, 6) is 0.769. The van der Waals surface area contributed by atoms with Crippen LogP contribution in [-0.4, -0.2) is 11.2 Å². The van der Waals surface area contributed by atoms with Crippen LogP contribution < -0.4 is 10.3 Å². The number of nitriles is 1. The van der Waals surface area contributed by atoms with Gasteiger partial charge in [0.25, 0.3) is 5.56 Å². The molecule has 0 aliphatic heterocycles. The second-order valence-corrected chi connectivity index (χ2v) is 4.57. The van der Waals surface area contributed by atoms with Crippen LogP contribution in [0.2, 0.25) is 0 Å². The topological polar surface area (TPSA) is 55.0 Å². The van der Waals surface area contributed by atoms with Crippen molar-refractivity contribution in [1.29, 1.82) is 5.26 Å². The van der Waals surface area contributed by atoms with E-state index in [-0.39, 0.29) is 11.1 Å². The molecule has 0 saturated carbocycles. The summed E-state index contributed by atoms with van der Waals surface area (Å²) < 4.78 is 7.16. The molecule has 4 nitrogen and oxygen atoms in total. The van der Waals surface area contributed by atoms with Gasteiger partial charge in [-0.3, -0.25) is 4.79 Å². The van der Waals surface area contributed by atoms with Crippen molar-refractivity contribution in [3.63, 3.8) is 0 Å². The number of nitrogens with zero attached hydrogens (tertiary/aromatic N) is 2. The second kappa shape index (κ2) is 6.07. The van der Waals surface area contributed by atoms with Crippen molar-refractivity contribution in [2.75, 3.05) is 6.61 Å². The predicted octanol–water partition coefficient (Wildman–Crippen LogP) is 2.42. The van der Waals surface area contributed by atoms with Crippen molar-refractivity contribution in [1.82, 2.24) is 4.57 Å². The van der Waals surface area contributed by atoms with Gasteiger partial charge in [0.05, 0.1) is 6.54 Å². The Bertz CT molecular complexity index is 697. The monoisotopic (exact) mass is 268 g/mol. The fourth-order valence-electron chi connectivity index (χ4n) is 2.11. The van der Waals surface area contributed by atoms with Gasteiger partial charge in [-0.15, -0.1) is 0 Å². The van der Waals surface area contributed by atoms with Gasteiger partial charge < -0.3 is 9.30 Å². The lowest BCUT2D eigenvalue weighted by atomic mass is 10.1. The lowest BCUT2D eigenvalue weighted by Gasteiger charge is -2.12. The molecule has 102 valence electrons. The van der Waals surface area contributed by atoms with E-state index in [1.165, 1.54) is 0 Å². The summed E-state index contributed by atoms with van der Waals surface area (Å²) in [5, 5.41) is 9.02. The first-order valence-electron chi connectivity index (χ1n) is 6.42. The van der Waals surface area contributed by atoms with Crippen molar-refractivity contribution >= 4 is 0 Å². The number of hydrogen-bond donors (Lipinski definition) is 0. The third kappa shape index (κ3) is 2.89. The number of ether oxygens (including phenoxy) is 1. The molecule has 0 unspecified atom stereocenters. The molecule has 0 N–H and O–H groups in total. The van der Waals surface area contributed by atoms with E-state index in [9.17, 15) is 4.79 Å². The van der Waals surface area contributed by atoms with Crippen molar-refractivity contribution in [2.45, 2.75) is 20.4 Å². The van der Waals surface area contributed by atoms with Gasteiger partial charge in [-0.25, -0.2) is 0 Å². The van der Waals surface area contributed by atoms with Gasteiger partial charge in [-0.05, 0) is 37.6 Å². The molecule has 0 radical (unpaired) electrons. The van der Waals surface area contributed by atoms with E-state index in [1.807, 2.05) is 49.4 Å². The summed E-state index contributed by atoms with van der Waals surface area (Å²) in [4.78, 5) is 12.2. The van der Waals surface area contributed by atoms with Gasteiger partial charge in [0.1, 0.15) is 24.0 Å². The summed E-state index contributed by atoms with van der Waals surface area (Å²) >= 11 is 0. The van der Waals surface area contributed by atoms with Crippen molar-refractivity contribution in [3.8, 4) is 11.8 Å². The van der Waals surface area contributed by atoms with E-state index in [2.05, 4.69) is 0 Å². The fourth-order valence-corrected chi connectivity index (χ4v) is 2.11. The molecule has 0 saturated heterocycles. The van der Waals surface area contributed by atoms with Gasteiger partial charge in [0, 0.05) is 5.69 Å². The summed E-state index contributed by atoms with van der Waals surface area (Å²) in [6, 6.07) is 13.3. The first-order chi connectivity index (χ1) is 9.63. The number of pyridine rings is 1. The molecule has 0 aliphatic carbocycles. The summed E-state index contributed by atoms with van der Waals surface area (Å²) in [5.41, 5.74) is 1.51. The number of benzene rings is 1. The smallest absolute Gasteiger partial charge is 0.269 e. The molecule has 0 atom stereocenters. The van der Waals surface area contributed by atoms with Crippen LogP contribution in [-0.2, 0) is 6.54 Å². The molecule has 0 amide bonds. The fraction of sp³-hybridized carbons (Fsp3) is 0.250. The molecule has 1 heterocycles. The molecule has 0 spiro atoms. The average molecular weight is 268 g/mol. The minimum absolute atomic E-state index is 0.204. The highest BCUT2D eigenvalue weighted by Crippen LogP contribution is 2.09. The Morgan fingerprint density at radius 2 is 1.95 bits per heavy atom. The molecule has 2 aromatic rings. The van der Waals surface area contributed by atoms with Crippen molar-refractivity contribution in [3.05, 3.63) is 63.6 Å². The Balaban J connectivity index is 2.15. The summed E-state index contributed by atoms with van der Waals surface area (Å²) in [6.07, 6.45) is 0. The molecule has 1 aromatic heterocycles. The molecule has 0 fully saturated rings. The van der Waals surface area contributed by atoms with Crippen LogP contribution in [0.3, 0.4) is 0 Å². The molecule has 0 bridgehead atoms. The quantitative estimate of drug-likeness (QED) is 0.855. The Morgan fingerprint density at radius 1 is 1.25 bits per heavy atom. The molecular formula is C16H16N2O2. The van der Waals surface area contributed by atoms with Crippen LogP contribution in [0, 0.1) is 25.2 Å². The maximum Gasteiger partial charge on any atom is 0.269 e. The van der Waals surface area contributed by atoms with E-state index in [0.717, 1.165) is 17.0 Å². The van der Waals surface area contributed by atoms with Gasteiger partial charge >= 0.3 is 0 Å². The predicted molar refractivity (Wildman–Crippen MR) is 76.8 cm³/mol. The van der Waals surface area contributed by atoms with Gasteiger partial charge in [0.15, 0.2) is 0 Å². The molecule has 20 heavy (non-hydrogen) atoms. The number of aryl methyl sites for hydroxylation is 2. The van der Waals surface area contributed by atoms with Crippen LogP contribution in [0.25, 0.3) is 0 Å². The summed E-state index contributed by atoms with van der Waals surface area (Å²) in [6.45, 7) is 4.45. The van der Waals surface area contributed by atoms with Crippen LogP contribution in [0.4, 0.5) is 0 Å². The maximum atomic E-state index is 12.2. The summed E-state index contributed by atoms with van der Waals surface area (Å²) in [7, 11) is 0. The standard InChI is InChI=1S/C16H16N2O2/c1-12-10-13(2)18(16(19)15(12)11-17)8-9-20-14-6-4-3-5-7-14/h3-7,10H,8-9H2,1-2H3. The van der Waals surface area contributed by atoms with E-state index in [4.69, 9.17) is 10.00 Å². The highest BCUT2D eigenvalue weighted by molar-refractivity contribution is 5.36. The zero-order valence-corrected chi connectivity index (χ0v) is 11.6. The molecule has 0 aliphatic rings. The highest BCUT2D eigenvalue weighted by atomic mass is 16.5. The maximum absolute atomic E-state index is 12.2. The van der Waals surface area contributed by atoms with Crippen LogP contribution in [0.15, 0.2) is 41.2 Å². The highest BCUT2D eigenvalue weighted by Gasteiger charge is 2.09. The van der Waals surface area contributed by atoms with Crippen molar-refractivity contribution in [2.24, 2.45) is 0 Å². The number of para-hydroxylation sites is 1. The minimum Gasteiger partial charge on any atom is -0.492 e. The molecule has 2 rings (SSSR count). The van der Waals surface area contributed by atoms with E-state index < -0.39 is 0 Å². The first kappa shape index (κ1) is 13.9. The zero-order chi connectivity index (χ0) is 14.5. The Labute approximate surface area is 117 Å². The van der Waals surface area contributed by atoms with E-state index >= 15 is 0 Å². The molecule has 4 heteroatoms. The van der Waals surface area contributed by atoms with Crippen LogP contribution in [0.5, 0.6) is 5.75 Å². The molecule has 1 aromatic carbocycles. The second-order valence-electron chi connectivity index (χ2n) is 4.57. The lowest BCUT2D eigenvalue weighted by molar-refractivity contribution is 0.295. The van der Waals surface area contributed by atoms with E-state index in [0.29, 0.717) is 13.2 Å². The third-order valence-corrected chi connectivity index (χ3v) is 3.14.